The standard InChI is InChI=1S/C25H32N4O3/c1-3-12-27-24(31)25(2,22-10-5-4-6-11-22)29(23(30)21-9-7-13-26-20-21)15-8-14-28-16-18-32-19-17-28/h3-7,9-11,13,20H,1,8,12,14-19H2,2H3,(H,27,31). The number of benzene rings is 1. The molecule has 1 atom stereocenters. The van der Waals surface area contributed by atoms with E-state index in [-0.39, 0.29) is 11.8 Å². The SMILES string of the molecule is C=CCNC(=O)C(C)(c1ccccc1)N(CCCN1CCOCC1)C(=O)c1cccnc1. The molecule has 7 nitrogen and oxygen atoms in total. The molecule has 1 aliphatic rings. The summed E-state index contributed by atoms with van der Waals surface area (Å²) in [6, 6.07) is 12.9. The highest BCUT2D eigenvalue weighted by molar-refractivity contribution is 5.99. The summed E-state index contributed by atoms with van der Waals surface area (Å²) in [5.74, 6) is -0.465. The molecular formula is C25H32N4O3. The molecule has 0 aliphatic carbocycles. The van der Waals surface area contributed by atoms with Crippen molar-refractivity contribution >= 4 is 11.8 Å². The summed E-state index contributed by atoms with van der Waals surface area (Å²) in [5, 5.41) is 2.90. The fourth-order valence-electron chi connectivity index (χ4n) is 3.96. The Kier molecular flexibility index (Phi) is 8.53. The minimum atomic E-state index is -1.19. The van der Waals surface area contributed by atoms with Crippen molar-refractivity contribution in [3.05, 3.63) is 78.6 Å². The molecule has 1 N–H and O–H groups in total. The molecular weight excluding hydrogens is 404 g/mol. The van der Waals surface area contributed by atoms with Gasteiger partial charge in [-0.15, -0.1) is 6.58 Å². The summed E-state index contributed by atoms with van der Waals surface area (Å²) in [5.41, 5.74) is 0.0186. The summed E-state index contributed by atoms with van der Waals surface area (Å²) in [6.07, 6.45) is 5.55. The Morgan fingerprint density at radius 1 is 1.22 bits per heavy atom. The second-order valence-corrected chi connectivity index (χ2v) is 7.94. The Bertz CT molecular complexity index is 885. The average molecular weight is 437 g/mol. The molecule has 0 bridgehead atoms. The second-order valence-electron chi connectivity index (χ2n) is 7.94. The van der Waals surface area contributed by atoms with E-state index in [1.807, 2.05) is 37.3 Å². The van der Waals surface area contributed by atoms with Crippen LogP contribution in [0.4, 0.5) is 0 Å². The summed E-state index contributed by atoms with van der Waals surface area (Å²) in [4.78, 5) is 35.3. The zero-order valence-electron chi connectivity index (χ0n) is 18.7. The van der Waals surface area contributed by atoms with Crippen molar-refractivity contribution in [2.75, 3.05) is 45.9 Å². The van der Waals surface area contributed by atoms with E-state index >= 15 is 0 Å². The Morgan fingerprint density at radius 2 is 1.97 bits per heavy atom. The molecule has 2 amide bonds. The number of nitrogens with zero attached hydrogens (tertiary/aromatic N) is 3. The summed E-state index contributed by atoms with van der Waals surface area (Å²) in [7, 11) is 0. The van der Waals surface area contributed by atoms with Crippen LogP contribution in [-0.2, 0) is 15.1 Å². The van der Waals surface area contributed by atoms with Gasteiger partial charge in [0, 0.05) is 45.1 Å². The molecule has 1 unspecified atom stereocenters. The Morgan fingerprint density at radius 3 is 2.62 bits per heavy atom. The van der Waals surface area contributed by atoms with Crippen molar-refractivity contribution in [2.24, 2.45) is 0 Å². The monoisotopic (exact) mass is 436 g/mol. The lowest BCUT2D eigenvalue weighted by atomic mass is 9.87. The topological polar surface area (TPSA) is 74.8 Å². The van der Waals surface area contributed by atoms with Crippen LogP contribution in [0.15, 0.2) is 67.5 Å². The van der Waals surface area contributed by atoms with E-state index in [1.165, 1.54) is 0 Å². The molecule has 1 aromatic carbocycles. The number of nitrogens with one attached hydrogen (secondary N) is 1. The number of carbonyl (C=O) groups excluding carboxylic acids is 2. The van der Waals surface area contributed by atoms with Gasteiger partial charge in [-0.25, -0.2) is 0 Å². The van der Waals surface area contributed by atoms with Gasteiger partial charge < -0.3 is 15.0 Å². The number of ether oxygens (including phenoxy) is 1. The highest BCUT2D eigenvalue weighted by Crippen LogP contribution is 2.31. The van der Waals surface area contributed by atoms with Crippen LogP contribution >= 0.6 is 0 Å². The Balaban J connectivity index is 1.93. The highest BCUT2D eigenvalue weighted by atomic mass is 16.5. The van der Waals surface area contributed by atoms with Gasteiger partial charge in [0.05, 0.1) is 18.8 Å². The fourth-order valence-corrected chi connectivity index (χ4v) is 3.96. The molecule has 0 saturated carbocycles. The van der Waals surface area contributed by atoms with E-state index in [0.29, 0.717) is 18.7 Å². The maximum Gasteiger partial charge on any atom is 0.256 e. The number of carbonyl (C=O) groups is 2. The summed E-state index contributed by atoms with van der Waals surface area (Å²) < 4.78 is 5.43. The van der Waals surface area contributed by atoms with Crippen LogP contribution in [0.25, 0.3) is 0 Å². The van der Waals surface area contributed by atoms with Gasteiger partial charge in [0.15, 0.2) is 0 Å². The van der Waals surface area contributed by atoms with E-state index in [4.69, 9.17) is 4.74 Å². The third kappa shape index (κ3) is 5.60. The normalized spacial score (nSPS) is 16.0. The Labute approximate surface area is 190 Å². The maximum atomic E-state index is 13.7. The minimum Gasteiger partial charge on any atom is -0.379 e. The third-order valence-corrected chi connectivity index (χ3v) is 5.84. The number of rotatable bonds is 10. The van der Waals surface area contributed by atoms with Crippen LogP contribution in [0, 0.1) is 0 Å². The molecule has 2 heterocycles. The molecule has 1 aliphatic heterocycles. The van der Waals surface area contributed by atoms with Crippen LogP contribution in [0.2, 0.25) is 0 Å². The van der Waals surface area contributed by atoms with Crippen molar-refractivity contribution in [3.8, 4) is 0 Å². The quantitative estimate of drug-likeness (QED) is 0.579. The number of pyridine rings is 1. The van der Waals surface area contributed by atoms with Crippen molar-refractivity contribution in [2.45, 2.75) is 18.9 Å². The number of hydrogen-bond donors (Lipinski definition) is 1. The molecule has 1 saturated heterocycles. The number of morpholine rings is 1. The third-order valence-electron chi connectivity index (χ3n) is 5.84. The zero-order valence-corrected chi connectivity index (χ0v) is 18.7. The van der Waals surface area contributed by atoms with Gasteiger partial charge in [-0.1, -0.05) is 36.4 Å². The zero-order chi connectivity index (χ0) is 22.8. The van der Waals surface area contributed by atoms with Crippen LogP contribution in [0.3, 0.4) is 0 Å². The summed E-state index contributed by atoms with van der Waals surface area (Å²) >= 11 is 0. The molecule has 7 heteroatoms. The molecule has 3 rings (SSSR count). The van der Waals surface area contributed by atoms with E-state index < -0.39 is 5.54 Å². The van der Waals surface area contributed by atoms with Gasteiger partial charge in [-0.05, 0) is 31.0 Å². The van der Waals surface area contributed by atoms with E-state index in [9.17, 15) is 9.59 Å². The van der Waals surface area contributed by atoms with Crippen molar-refractivity contribution in [3.63, 3.8) is 0 Å². The fraction of sp³-hybridized carbons (Fsp3) is 0.400. The first-order valence-electron chi connectivity index (χ1n) is 11.0. The van der Waals surface area contributed by atoms with E-state index in [2.05, 4.69) is 21.8 Å². The van der Waals surface area contributed by atoms with Crippen LogP contribution in [0.1, 0.15) is 29.3 Å². The largest absolute Gasteiger partial charge is 0.379 e. The highest BCUT2D eigenvalue weighted by Gasteiger charge is 2.43. The first-order chi connectivity index (χ1) is 15.6. The van der Waals surface area contributed by atoms with Crippen molar-refractivity contribution in [1.29, 1.82) is 0 Å². The van der Waals surface area contributed by atoms with E-state index in [0.717, 1.165) is 44.8 Å². The first kappa shape index (κ1) is 23.6. The van der Waals surface area contributed by atoms with Crippen molar-refractivity contribution < 1.29 is 14.3 Å². The molecule has 2 aromatic rings. The van der Waals surface area contributed by atoms with Gasteiger partial charge in [0.1, 0.15) is 5.54 Å². The van der Waals surface area contributed by atoms with Crippen LogP contribution in [-0.4, -0.2) is 72.5 Å². The van der Waals surface area contributed by atoms with E-state index in [1.54, 1.807) is 35.5 Å². The predicted octanol–water partition coefficient (Wildman–Crippen LogP) is 2.46. The Hall–Kier alpha value is -3.03. The van der Waals surface area contributed by atoms with Gasteiger partial charge >= 0.3 is 0 Å². The lowest BCUT2D eigenvalue weighted by Crippen LogP contribution is -2.57. The van der Waals surface area contributed by atoms with Gasteiger partial charge in [0.2, 0.25) is 0 Å². The number of amides is 2. The predicted molar refractivity (Wildman–Crippen MR) is 124 cm³/mol. The molecule has 32 heavy (non-hydrogen) atoms. The smallest absolute Gasteiger partial charge is 0.256 e. The number of hydrogen-bond acceptors (Lipinski definition) is 5. The molecule has 1 fully saturated rings. The van der Waals surface area contributed by atoms with Crippen molar-refractivity contribution in [1.82, 2.24) is 20.1 Å². The maximum absolute atomic E-state index is 13.7. The van der Waals surface area contributed by atoms with Gasteiger partial charge in [0.25, 0.3) is 11.8 Å². The number of aromatic nitrogens is 1. The minimum absolute atomic E-state index is 0.222. The van der Waals surface area contributed by atoms with Crippen LogP contribution < -0.4 is 5.32 Å². The lowest BCUT2D eigenvalue weighted by molar-refractivity contribution is -0.131. The van der Waals surface area contributed by atoms with Gasteiger partial charge in [-0.3, -0.25) is 19.5 Å². The average Bonchev–Trinajstić information content (AvgIpc) is 2.86. The molecule has 1 aromatic heterocycles. The van der Waals surface area contributed by atoms with Crippen LogP contribution in [0.5, 0.6) is 0 Å². The summed E-state index contributed by atoms with van der Waals surface area (Å²) in [6.45, 7) is 10.3. The molecule has 170 valence electrons. The molecule has 0 spiro atoms. The van der Waals surface area contributed by atoms with Gasteiger partial charge in [-0.2, -0.15) is 0 Å². The first-order valence-corrected chi connectivity index (χ1v) is 11.0. The second kappa shape index (κ2) is 11.5. The lowest BCUT2D eigenvalue weighted by Gasteiger charge is -2.41. The molecule has 0 radical (unpaired) electrons.